The number of aliphatic carboxylic acids is 1. The Morgan fingerprint density at radius 2 is 2.27 bits per heavy atom. The second kappa shape index (κ2) is 2.22. The van der Waals surface area contributed by atoms with Crippen LogP contribution in [0.3, 0.4) is 0 Å². The van der Waals surface area contributed by atoms with Crippen molar-refractivity contribution in [1.82, 2.24) is 20.6 Å². The minimum absolute atomic E-state index is 1.15. The molecule has 0 radical (unpaired) electrons. The van der Waals surface area contributed by atoms with Crippen molar-refractivity contribution in [3.8, 4) is 0 Å². The standard InChI is InChI=1S/C3H2F2N4O2/c4-3(5,2(10)11)1-6-8-9-7-1/h(H,10,11)(H,6,7,8,9). The number of aromatic amines is 1. The number of H-pyrrole nitrogens is 1. The zero-order valence-corrected chi connectivity index (χ0v) is 4.95. The number of carboxylic acid groups (broad SMARTS) is 1. The average Bonchev–Trinajstić information content (AvgIpc) is 2.37. The largest absolute Gasteiger partial charge is 0.476 e. The Kier molecular flexibility index (Phi) is 1.51. The van der Waals surface area contributed by atoms with Crippen molar-refractivity contribution >= 4 is 5.97 Å². The van der Waals surface area contributed by atoms with Gasteiger partial charge in [-0.05, 0) is 5.21 Å². The van der Waals surface area contributed by atoms with Gasteiger partial charge in [-0.3, -0.25) is 0 Å². The zero-order chi connectivity index (χ0) is 8.48. The van der Waals surface area contributed by atoms with E-state index in [9.17, 15) is 13.6 Å². The van der Waals surface area contributed by atoms with Crippen molar-refractivity contribution in [3.05, 3.63) is 5.82 Å². The maximum atomic E-state index is 12.3. The SMILES string of the molecule is O=C(O)C(F)(F)c1nn[nH]n1. The highest BCUT2D eigenvalue weighted by molar-refractivity contribution is 5.75. The van der Waals surface area contributed by atoms with E-state index >= 15 is 0 Å². The van der Waals surface area contributed by atoms with Crippen molar-refractivity contribution in [2.45, 2.75) is 5.92 Å². The first-order valence-corrected chi connectivity index (χ1v) is 2.40. The van der Waals surface area contributed by atoms with Crippen molar-refractivity contribution in [2.75, 3.05) is 0 Å². The molecule has 1 aromatic rings. The number of nitrogens with zero attached hydrogens (tertiary/aromatic N) is 3. The third kappa shape index (κ3) is 1.14. The van der Waals surface area contributed by atoms with Crippen LogP contribution in [0.25, 0.3) is 0 Å². The molecule has 0 aliphatic rings. The number of alkyl halides is 2. The molecule has 0 amide bonds. The van der Waals surface area contributed by atoms with Gasteiger partial charge in [0, 0.05) is 0 Å². The van der Waals surface area contributed by atoms with E-state index in [2.05, 4.69) is 15.4 Å². The first-order valence-electron chi connectivity index (χ1n) is 2.40. The van der Waals surface area contributed by atoms with Gasteiger partial charge in [0.1, 0.15) is 0 Å². The summed E-state index contributed by atoms with van der Waals surface area (Å²) in [6.07, 6.45) is 0. The molecule has 0 bridgehead atoms. The Morgan fingerprint density at radius 1 is 1.64 bits per heavy atom. The van der Waals surface area contributed by atoms with Gasteiger partial charge in [0.2, 0.25) is 0 Å². The molecule has 0 saturated heterocycles. The Bertz CT molecular complexity index is 258. The molecule has 0 atom stereocenters. The summed E-state index contributed by atoms with van der Waals surface area (Å²) in [5.41, 5.74) is 0. The number of tetrazole rings is 1. The molecule has 0 saturated carbocycles. The lowest BCUT2D eigenvalue weighted by molar-refractivity contribution is -0.167. The summed E-state index contributed by atoms with van der Waals surface area (Å²) in [5, 5.41) is 18.1. The van der Waals surface area contributed by atoms with E-state index in [1.165, 1.54) is 0 Å². The summed E-state index contributed by atoms with van der Waals surface area (Å²) >= 11 is 0. The maximum absolute atomic E-state index is 12.3. The van der Waals surface area contributed by atoms with Crippen LogP contribution in [0.5, 0.6) is 0 Å². The van der Waals surface area contributed by atoms with Crippen LogP contribution in [-0.4, -0.2) is 31.7 Å². The molecule has 2 N–H and O–H groups in total. The van der Waals surface area contributed by atoms with Crippen molar-refractivity contribution in [2.24, 2.45) is 0 Å². The molecule has 0 spiro atoms. The fourth-order valence-electron chi connectivity index (χ4n) is 0.390. The van der Waals surface area contributed by atoms with Crippen LogP contribution in [0.1, 0.15) is 5.82 Å². The number of aromatic nitrogens is 4. The Hall–Kier alpha value is -1.60. The maximum Gasteiger partial charge on any atom is 0.404 e. The van der Waals surface area contributed by atoms with Gasteiger partial charge in [0.05, 0.1) is 0 Å². The second-order valence-electron chi connectivity index (χ2n) is 1.61. The normalized spacial score (nSPS) is 11.5. The number of nitrogens with one attached hydrogen (secondary N) is 1. The monoisotopic (exact) mass is 164 g/mol. The minimum Gasteiger partial charge on any atom is -0.476 e. The molecule has 1 heterocycles. The van der Waals surface area contributed by atoms with Crippen LogP contribution in [0.15, 0.2) is 0 Å². The van der Waals surface area contributed by atoms with Gasteiger partial charge in [-0.25, -0.2) is 4.79 Å². The lowest BCUT2D eigenvalue weighted by atomic mass is 10.3. The molecule has 8 heteroatoms. The average molecular weight is 164 g/mol. The summed E-state index contributed by atoms with van der Waals surface area (Å²) in [4.78, 5) is 9.85. The molecule has 0 fully saturated rings. The molecule has 0 aliphatic heterocycles. The predicted molar refractivity (Wildman–Crippen MR) is 25.7 cm³/mol. The molecule has 0 aromatic carbocycles. The van der Waals surface area contributed by atoms with Crippen molar-refractivity contribution < 1.29 is 18.7 Å². The molecule has 0 aliphatic carbocycles. The van der Waals surface area contributed by atoms with Gasteiger partial charge in [-0.1, -0.05) is 0 Å². The molecule has 60 valence electrons. The van der Waals surface area contributed by atoms with E-state index in [1.807, 2.05) is 0 Å². The summed E-state index contributed by atoms with van der Waals surface area (Å²) < 4.78 is 24.7. The van der Waals surface area contributed by atoms with E-state index in [4.69, 9.17) is 5.11 Å². The highest BCUT2D eigenvalue weighted by Gasteiger charge is 2.45. The van der Waals surface area contributed by atoms with Gasteiger partial charge in [0.25, 0.3) is 5.82 Å². The Balaban J connectivity index is 3.00. The first-order chi connectivity index (χ1) is 5.05. The van der Waals surface area contributed by atoms with Crippen LogP contribution in [0.2, 0.25) is 0 Å². The van der Waals surface area contributed by atoms with Crippen LogP contribution >= 0.6 is 0 Å². The third-order valence-corrected chi connectivity index (χ3v) is 0.895. The molecular formula is C3H2F2N4O2. The predicted octanol–water partition coefficient (Wildman–Crippen LogP) is -0.624. The van der Waals surface area contributed by atoms with Gasteiger partial charge in [0.15, 0.2) is 0 Å². The van der Waals surface area contributed by atoms with Crippen molar-refractivity contribution in [3.63, 3.8) is 0 Å². The number of hydrogen-bond acceptors (Lipinski definition) is 4. The minimum atomic E-state index is -4.08. The molecule has 1 rings (SSSR count). The highest BCUT2D eigenvalue weighted by atomic mass is 19.3. The Labute approximate surface area is 58.2 Å². The zero-order valence-electron chi connectivity index (χ0n) is 4.95. The third-order valence-electron chi connectivity index (χ3n) is 0.895. The number of halogens is 2. The first kappa shape index (κ1) is 7.51. The number of carbonyl (C=O) groups is 1. The summed E-state index contributed by atoms with van der Waals surface area (Å²) in [7, 11) is 0. The van der Waals surface area contributed by atoms with E-state index in [-0.39, 0.29) is 0 Å². The fourth-order valence-corrected chi connectivity index (χ4v) is 0.390. The summed E-state index contributed by atoms with van der Waals surface area (Å²) in [6, 6.07) is 0. The van der Waals surface area contributed by atoms with Crippen LogP contribution in [0.4, 0.5) is 8.78 Å². The number of rotatable bonds is 2. The van der Waals surface area contributed by atoms with E-state index in [1.54, 1.807) is 5.21 Å². The van der Waals surface area contributed by atoms with Gasteiger partial charge in [-0.15, -0.1) is 10.2 Å². The van der Waals surface area contributed by atoms with Crippen LogP contribution in [0, 0.1) is 0 Å². The molecule has 0 unspecified atom stereocenters. The van der Waals surface area contributed by atoms with E-state index in [0.29, 0.717) is 0 Å². The topological polar surface area (TPSA) is 91.8 Å². The van der Waals surface area contributed by atoms with E-state index < -0.39 is 17.7 Å². The van der Waals surface area contributed by atoms with Gasteiger partial charge >= 0.3 is 11.9 Å². The lowest BCUT2D eigenvalue weighted by Gasteiger charge is -2.03. The molecule has 11 heavy (non-hydrogen) atoms. The molecule has 6 nitrogen and oxygen atoms in total. The van der Waals surface area contributed by atoms with Crippen molar-refractivity contribution in [1.29, 1.82) is 0 Å². The molecule has 1 aromatic heterocycles. The number of carboxylic acids is 1. The quantitative estimate of drug-likeness (QED) is 0.607. The van der Waals surface area contributed by atoms with Crippen LogP contribution in [-0.2, 0) is 10.7 Å². The lowest BCUT2D eigenvalue weighted by Crippen LogP contribution is -2.26. The summed E-state index contributed by atoms with van der Waals surface area (Å²) in [5.74, 6) is -7.53. The van der Waals surface area contributed by atoms with Gasteiger partial charge < -0.3 is 5.11 Å². The number of hydrogen-bond donors (Lipinski definition) is 2. The second-order valence-corrected chi connectivity index (χ2v) is 1.61. The fraction of sp³-hybridized carbons (Fsp3) is 0.333. The van der Waals surface area contributed by atoms with Crippen LogP contribution < -0.4 is 0 Å². The van der Waals surface area contributed by atoms with E-state index in [0.717, 1.165) is 0 Å². The highest BCUT2D eigenvalue weighted by Crippen LogP contribution is 2.23. The summed E-state index contributed by atoms with van der Waals surface area (Å²) in [6.45, 7) is 0. The Morgan fingerprint density at radius 3 is 2.64 bits per heavy atom. The molecular weight excluding hydrogens is 162 g/mol. The van der Waals surface area contributed by atoms with Gasteiger partial charge in [-0.2, -0.15) is 14.0 Å². The smallest absolute Gasteiger partial charge is 0.404 e.